The first-order valence-electron chi connectivity index (χ1n) is 5.59. The molecule has 1 aromatic heterocycles. The highest BCUT2D eigenvalue weighted by molar-refractivity contribution is 7.07. The molecule has 98 valence electrons. The van der Waals surface area contributed by atoms with Crippen LogP contribution < -0.4 is 4.80 Å². The Bertz CT molecular complexity index is 700. The van der Waals surface area contributed by atoms with Gasteiger partial charge in [0.1, 0.15) is 0 Å². The van der Waals surface area contributed by atoms with Crippen molar-refractivity contribution in [3.05, 3.63) is 50.7 Å². The Morgan fingerprint density at radius 3 is 2.84 bits per heavy atom. The lowest BCUT2D eigenvalue weighted by Gasteiger charge is -1.97. The van der Waals surface area contributed by atoms with Crippen LogP contribution in [0.1, 0.15) is 23.0 Å². The maximum absolute atomic E-state index is 11.5. The number of halogens is 1. The second kappa shape index (κ2) is 5.95. The van der Waals surface area contributed by atoms with Crippen LogP contribution in [0.5, 0.6) is 0 Å². The molecule has 0 atom stereocenters. The number of aryl methyl sites for hydroxylation is 1. The smallest absolute Gasteiger partial charge is 0.230 e. The second-order valence-corrected chi connectivity index (χ2v) is 5.12. The van der Waals surface area contributed by atoms with Gasteiger partial charge in [0.15, 0.2) is 0 Å². The van der Waals surface area contributed by atoms with Crippen molar-refractivity contribution in [3.8, 4) is 0 Å². The van der Waals surface area contributed by atoms with Crippen LogP contribution in [0.15, 0.2) is 39.8 Å². The molecule has 19 heavy (non-hydrogen) atoms. The van der Waals surface area contributed by atoms with Crippen LogP contribution in [0.2, 0.25) is 5.02 Å². The lowest BCUT2D eigenvalue weighted by Crippen LogP contribution is -2.21. The van der Waals surface area contributed by atoms with Crippen molar-refractivity contribution in [2.24, 2.45) is 10.2 Å². The topological polar surface area (TPSA) is 46.7 Å². The maximum Gasteiger partial charge on any atom is 0.230 e. The van der Waals surface area contributed by atoms with E-state index in [1.807, 2.05) is 30.5 Å². The number of thiazole rings is 1. The molecule has 0 N–H and O–H groups in total. The Balaban J connectivity index is 2.34. The number of nitrogens with zero attached hydrogens (tertiary/aromatic N) is 3. The highest BCUT2D eigenvalue weighted by Gasteiger charge is 2.04. The maximum atomic E-state index is 11.5. The summed E-state index contributed by atoms with van der Waals surface area (Å²) in [5.41, 5.74) is 1.64. The molecule has 0 bridgehead atoms. The van der Waals surface area contributed by atoms with Gasteiger partial charge in [0, 0.05) is 28.6 Å². The highest BCUT2D eigenvalue weighted by atomic mass is 35.5. The SMILES string of the molecule is CC(=O)n1c(C)cs/c1=N\N=C/c1ccccc1Cl. The van der Waals surface area contributed by atoms with E-state index in [1.54, 1.807) is 12.3 Å². The normalized spacial score (nSPS) is 12.3. The molecule has 2 rings (SSSR count). The average molecular weight is 294 g/mol. The zero-order valence-electron chi connectivity index (χ0n) is 10.5. The minimum atomic E-state index is -0.0783. The molecule has 1 heterocycles. The summed E-state index contributed by atoms with van der Waals surface area (Å²) in [7, 11) is 0. The fourth-order valence-corrected chi connectivity index (χ4v) is 2.60. The summed E-state index contributed by atoms with van der Waals surface area (Å²) in [6, 6.07) is 7.36. The van der Waals surface area contributed by atoms with Crippen LogP contribution in [0.25, 0.3) is 0 Å². The van der Waals surface area contributed by atoms with Gasteiger partial charge in [-0.2, -0.15) is 5.10 Å². The van der Waals surface area contributed by atoms with Crippen LogP contribution in [-0.4, -0.2) is 16.7 Å². The van der Waals surface area contributed by atoms with Gasteiger partial charge in [-0.15, -0.1) is 16.4 Å². The summed E-state index contributed by atoms with van der Waals surface area (Å²) < 4.78 is 1.52. The predicted octanol–water partition coefficient (Wildman–Crippen LogP) is 3.11. The van der Waals surface area contributed by atoms with Gasteiger partial charge in [-0.3, -0.25) is 9.36 Å². The van der Waals surface area contributed by atoms with Gasteiger partial charge in [0.05, 0.1) is 6.21 Å². The third-order valence-electron chi connectivity index (χ3n) is 2.44. The van der Waals surface area contributed by atoms with Crippen LogP contribution in [0, 0.1) is 6.92 Å². The first kappa shape index (κ1) is 13.7. The van der Waals surface area contributed by atoms with Gasteiger partial charge >= 0.3 is 0 Å². The third-order valence-corrected chi connectivity index (χ3v) is 3.72. The molecular formula is C13H12ClN3OS. The minimum absolute atomic E-state index is 0.0783. The van der Waals surface area contributed by atoms with Gasteiger partial charge in [-0.1, -0.05) is 29.8 Å². The Hall–Kier alpha value is -1.72. The van der Waals surface area contributed by atoms with Crippen LogP contribution in [-0.2, 0) is 0 Å². The van der Waals surface area contributed by atoms with E-state index in [1.165, 1.54) is 22.8 Å². The van der Waals surface area contributed by atoms with Gasteiger partial charge in [0.2, 0.25) is 10.7 Å². The molecule has 0 amide bonds. The molecule has 0 radical (unpaired) electrons. The fourth-order valence-electron chi connectivity index (χ4n) is 1.57. The molecule has 0 aliphatic carbocycles. The van der Waals surface area contributed by atoms with Gasteiger partial charge < -0.3 is 0 Å². The van der Waals surface area contributed by atoms with E-state index in [4.69, 9.17) is 11.6 Å². The molecular weight excluding hydrogens is 282 g/mol. The number of carbonyl (C=O) groups excluding carboxylic acids is 1. The number of carbonyl (C=O) groups is 1. The van der Waals surface area contributed by atoms with Crippen molar-refractivity contribution in [2.45, 2.75) is 13.8 Å². The van der Waals surface area contributed by atoms with E-state index in [9.17, 15) is 4.79 Å². The first-order chi connectivity index (χ1) is 9.09. The van der Waals surface area contributed by atoms with E-state index in [0.29, 0.717) is 9.82 Å². The van der Waals surface area contributed by atoms with Gasteiger partial charge in [0.25, 0.3) is 0 Å². The van der Waals surface area contributed by atoms with E-state index >= 15 is 0 Å². The Morgan fingerprint density at radius 1 is 1.42 bits per heavy atom. The van der Waals surface area contributed by atoms with E-state index in [0.717, 1.165) is 11.3 Å². The third kappa shape index (κ3) is 3.19. The van der Waals surface area contributed by atoms with Crippen molar-refractivity contribution in [1.29, 1.82) is 0 Å². The summed E-state index contributed by atoms with van der Waals surface area (Å²) in [4.78, 5) is 12.0. The summed E-state index contributed by atoms with van der Waals surface area (Å²) in [6.45, 7) is 3.35. The summed E-state index contributed by atoms with van der Waals surface area (Å²) in [6.07, 6.45) is 1.57. The summed E-state index contributed by atoms with van der Waals surface area (Å²) in [5.74, 6) is -0.0783. The first-order valence-corrected chi connectivity index (χ1v) is 6.85. The molecule has 0 aliphatic heterocycles. The van der Waals surface area contributed by atoms with E-state index in [-0.39, 0.29) is 5.91 Å². The Morgan fingerprint density at radius 2 is 2.16 bits per heavy atom. The van der Waals surface area contributed by atoms with Crippen molar-refractivity contribution in [2.75, 3.05) is 0 Å². The Labute approximate surface area is 119 Å². The largest absolute Gasteiger partial charge is 0.274 e. The predicted molar refractivity (Wildman–Crippen MR) is 78.0 cm³/mol. The number of benzene rings is 1. The van der Waals surface area contributed by atoms with Crippen molar-refractivity contribution in [1.82, 2.24) is 4.57 Å². The molecule has 0 unspecified atom stereocenters. The lowest BCUT2D eigenvalue weighted by molar-refractivity contribution is 0.0931. The number of rotatable bonds is 2. The minimum Gasteiger partial charge on any atom is -0.274 e. The highest BCUT2D eigenvalue weighted by Crippen LogP contribution is 2.12. The fraction of sp³-hybridized carbons (Fsp3) is 0.154. The molecule has 0 aliphatic rings. The Kier molecular flexibility index (Phi) is 4.29. The second-order valence-electron chi connectivity index (χ2n) is 3.88. The van der Waals surface area contributed by atoms with Crippen LogP contribution in [0.3, 0.4) is 0 Å². The average Bonchev–Trinajstić information content (AvgIpc) is 2.73. The molecule has 0 spiro atoms. The van der Waals surface area contributed by atoms with Crippen LogP contribution in [0.4, 0.5) is 0 Å². The summed E-state index contributed by atoms with van der Waals surface area (Å²) in [5, 5.41) is 10.5. The quantitative estimate of drug-likeness (QED) is 0.620. The van der Waals surface area contributed by atoms with Gasteiger partial charge in [-0.25, -0.2) is 0 Å². The van der Waals surface area contributed by atoms with E-state index < -0.39 is 0 Å². The molecule has 0 saturated carbocycles. The van der Waals surface area contributed by atoms with Crippen molar-refractivity contribution >= 4 is 35.1 Å². The van der Waals surface area contributed by atoms with Crippen molar-refractivity contribution in [3.63, 3.8) is 0 Å². The number of aromatic nitrogens is 1. The van der Waals surface area contributed by atoms with Gasteiger partial charge in [-0.05, 0) is 13.0 Å². The molecule has 2 aromatic rings. The molecule has 4 nitrogen and oxygen atoms in total. The number of hydrogen-bond acceptors (Lipinski definition) is 4. The molecule has 0 saturated heterocycles. The number of hydrogen-bond donors (Lipinski definition) is 0. The zero-order chi connectivity index (χ0) is 13.8. The molecule has 1 aromatic carbocycles. The monoisotopic (exact) mass is 293 g/mol. The standard InChI is InChI=1S/C13H12ClN3OS/c1-9-8-19-13(17(9)10(2)18)16-15-7-11-5-3-4-6-12(11)14/h3-8H,1-2H3/b15-7-,16-13-. The van der Waals surface area contributed by atoms with Crippen LogP contribution >= 0.6 is 22.9 Å². The molecule has 6 heteroatoms. The lowest BCUT2D eigenvalue weighted by atomic mass is 10.2. The van der Waals surface area contributed by atoms with E-state index in [2.05, 4.69) is 10.2 Å². The summed E-state index contributed by atoms with van der Waals surface area (Å²) >= 11 is 7.37. The molecule has 0 fully saturated rings. The van der Waals surface area contributed by atoms with Crippen molar-refractivity contribution < 1.29 is 4.79 Å². The zero-order valence-corrected chi connectivity index (χ0v) is 12.1.